The molecule has 3 nitrogen and oxygen atoms in total. The molecule has 2 aromatic rings. The average molecular weight is 355 g/mol. The van der Waals surface area contributed by atoms with E-state index < -0.39 is 0 Å². The fourth-order valence-electron chi connectivity index (χ4n) is 4.28. The highest BCUT2D eigenvalue weighted by atomic mass is 32.1. The van der Waals surface area contributed by atoms with Crippen LogP contribution in [0.5, 0.6) is 0 Å². The van der Waals surface area contributed by atoms with E-state index in [1.54, 1.807) is 0 Å². The van der Waals surface area contributed by atoms with Gasteiger partial charge in [0.15, 0.2) is 0 Å². The molecular formula is C21H26N2OS. The van der Waals surface area contributed by atoms with E-state index in [-0.39, 0.29) is 6.04 Å². The van der Waals surface area contributed by atoms with Gasteiger partial charge in [-0.15, -0.1) is 11.3 Å². The zero-order valence-electron chi connectivity index (χ0n) is 14.6. The van der Waals surface area contributed by atoms with Gasteiger partial charge in [0.1, 0.15) is 6.04 Å². The lowest BCUT2D eigenvalue weighted by molar-refractivity contribution is -0.138. The van der Waals surface area contributed by atoms with Crippen LogP contribution in [0.15, 0.2) is 47.8 Å². The molecule has 0 unspecified atom stereocenters. The molecular weight excluding hydrogens is 328 g/mol. The number of nitrogens with zero attached hydrogens (tertiary/aromatic N) is 2. The minimum absolute atomic E-state index is 0.145. The van der Waals surface area contributed by atoms with Crippen LogP contribution >= 0.6 is 11.3 Å². The maximum Gasteiger partial charge on any atom is 0.244 e. The van der Waals surface area contributed by atoms with Crippen molar-refractivity contribution in [1.82, 2.24) is 9.80 Å². The monoisotopic (exact) mass is 354 g/mol. The van der Waals surface area contributed by atoms with E-state index in [0.29, 0.717) is 11.9 Å². The van der Waals surface area contributed by atoms with Crippen molar-refractivity contribution in [3.63, 3.8) is 0 Å². The Labute approximate surface area is 154 Å². The summed E-state index contributed by atoms with van der Waals surface area (Å²) >= 11 is 1.82. The van der Waals surface area contributed by atoms with Gasteiger partial charge in [0, 0.05) is 24.0 Å². The van der Waals surface area contributed by atoms with E-state index in [1.165, 1.54) is 17.7 Å². The fraction of sp³-hybridized carbons (Fsp3) is 0.476. The van der Waals surface area contributed by atoms with Gasteiger partial charge in [-0.2, -0.15) is 0 Å². The van der Waals surface area contributed by atoms with Crippen molar-refractivity contribution in [3.05, 3.63) is 58.3 Å². The number of thiophene rings is 1. The van der Waals surface area contributed by atoms with Crippen molar-refractivity contribution < 1.29 is 4.79 Å². The predicted molar refractivity (Wildman–Crippen MR) is 103 cm³/mol. The molecule has 4 heteroatoms. The summed E-state index contributed by atoms with van der Waals surface area (Å²) in [4.78, 5) is 19.4. The third-order valence-electron chi connectivity index (χ3n) is 5.51. The Morgan fingerprint density at radius 1 is 0.960 bits per heavy atom. The van der Waals surface area contributed by atoms with Crippen LogP contribution in [0, 0.1) is 0 Å². The molecule has 2 aliphatic rings. The number of benzene rings is 1. The molecule has 1 aromatic carbocycles. The summed E-state index contributed by atoms with van der Waals surface area (Å²) in [6.07, 6.45) is 5.85. The molecule has 1 aromatic heterocycles. The molecule has 0 saturated carbocycles. The van der Waals surface area contributed by atoms with Crippen molar-refractivity contribution >= 4 is 17.2 Å². The minimum Gasteiger partial charge on any atom is -0.341 e. The van der Waals surface area contributed by atoms with Crippen LogP contribution in [0.1, 0.15) is 54.6 Å². The van der Waals surface area contributed by atoms with E-state index in [4.69, 9.17) is 0 Å². The van der Waals surface area contributed by atoms with Crippen LogP contribution in [0.4, 0.5) is 0 Å². The molecule has 2 saturated heterocycles. The second-order valence-corrected chi connectivity index (χ2v) is 8.09. The second kappa shape index (κ2) is 7.71. The van der Waals surface area contributed by atoms with Crippen LogP contribution < -0.4 is 0 Å². The van der Waals surface area contributed by atoms with Crippen LogP contribution in [0.3, 0.4) is 0 Å². The first kappa shape index (κ1) is 16.8. The van der Waals surface area contributed by atoms with Crippen molar-refractivity contribution in [1.29, 1.82) is 0 Å². The average Bonchev–Trinajstić information content (AvgIpc) is 3.35. The summed E-state index contributed by atoms with van der Waals surface area (Å²) in [6, 6.07) is 15.0. The quantitative estimate of drug-likeness (QED) is 0.798. The molecule has 0 bridgehead atoms. The number of hydrogen-bond acceptors (Lipinski definition) is 3. The SMILES string of the molecule is O=C([C@H](c1ccccc1)N1CCC[C@H]1c1cccs1)N1CCCCC1. The maximum absolute atomic E-state index is 13.5. The topological polar surface area (TPSA) is 23.6 Å². The van der Waals surface area contributed by atoms with Gasteiger partial charge in [-0.05, 0) is 55.7 Å². The normalized spacial score (nSPS) is 22.9. The molecule has 0 N–H and O–H groups in total. The zero-order valence-corrected chi connectivity index (χ0v) is 15.5. The lowest BCUT2D eigenvalue weighted by Crippen LogP contribution is -2.44. The van der Waals surface area contributed by atoms with Crippen LogP contribution in [-0.4, -0.2) is 35.3 Å². The van der Waals surface area contributed by atoms with Gasteiger partial charge in [0.25, 0.3) is 0 Å². The zero-order chi connectivity index (χ0) is 17.1. The molecule has 1 amide bonds. The Hall–Kier alpha value is -1.65. The molecule has 2 fully saturated rings. The molecule has 3 heterocycles. The molecule has 2 aliphatic heterocycles. The number of amides is 1. The summed E-state index contributed by atoms with van der Waals surface area (Å²) in [7, 11) is 0. The molecule has 2 atom stereocenters. The summed E-state index contributed by atoms with van der Waals surface area (Å²) < 4.78 is 0. The molecule has 0 radical (unpaired) electrons. The highest BCUT2D eigenvalue weighted by Gasteiger charge is 2.38. The smallest absolute Gasteiger partial charge is 0.244 e. The van der Waals surface area contributed by atoms with E-state index in [1.807, 2.05) is 17.4 Å². The Balaban J connectivity index is 1.66. The highest BCUT2D eigenvalue weighted by molar-refractivity contribution is 7.10. The van der Waals surface area contributed by atoms with E-state index in [2.05, 4.69) is 51.6 Å². The first-order valence-electron chi connectivity index (χ1n) is 9.47. The number of rotatable bonds is 4. The first-order valence-corrected chi connectivity index (χ1v) is 10.4. The standard InChI is InChI=1S/C21H26N2OS/c24-21(22-13-5-2-6-14-22)20(17-9-3-1-4-10-17)23-15-7-11-18(23)19-12-8-16-25-19/h1,3-4,8-10,12,16,18,20H,2,5-7,11,13-15H2/t18-,20-/m0/s1. The number of carbonyl (C=O) groups excluding carboxylic acids is 1. The Kier molecular flexibility index (Phi) is 5.18. The first-order chi connectivity index (χ1) is 12.3. The van der Waals surface area contributed by atoms with Gasteiger partial charge in [0.2, 0.25) is 5.91 Å². The Morgan fingerprint density at radius 2 is 1.76 bits per heavy atom. The van der Waals surface area contributed by atoms with Crippen molar-refractivity contribution in [2.45, 2.75) is 44.2 Å². The summed E-state index contributed by atoms with van der Waals surface area (Å²) in [6.45, 7) is 2.83. The molecule has 25 heavy (non-hydrogen) atoms. The molecule has 132 valence electrons. The van der Waals surface area contributed by atoms with Crippen molar-refractivity contribution in [2.75, 3.05) is 19.6 Å². The predicted octanol–water partition coefficient (Wildman–Crippen LogP) is 4.64. The van der Waals surface area contributed by atoms with Crippen molar-refractivity contribution in [3.8, 4) is 0 Å². The van der Waals surface area contributed by atoms with Crippen LogP contribution in [-0.2, 0) is 4.79 Å². The van der Waals surface area contributed by atoms with Crippen LogP contribution in [0.25, 0.3) is 0 Å². The van der Waals surface area contributed by atoms with E-state index in [0.717, 1.165) is 44.5 Å². The van der Waals surface area contributed by atoms with Gasteiger partial charge in [-0.1, -0.05) is 36.4 Å². The summed E-state index contributed by atoms with van der Waals surface area (Å²) in [5.74, 6) is 0.300. The lowest BCUT2D eigenvalue weighted by atomic mass is 10.0. The molecule has 0 aliphatic carbocycles. The lowest BCUT2D eigenvalue weighted by Gasteiger charge is -2.37. The third-order valence-corrected chi connectivity index (χ3v) is 6.49. The number of hydrogen-bond donors (Lipinski definition) is 0. The largest absolute Gasteiger partial charge is 0.341 e. The fourth-order valence-corrected chi connectivity index (χ4v) is 5.16. The number of piperidine rings is 1. The van der Waals surface area contributed by atoms with Gasteiger partial charge in [-0.25, -0.2) is 0 Å². The minimum atomic E-state index is -0.145. The molecule has 0 spiro atoms. The number of carbonyl (C=O) groups is 1. The highest BCUT2D eigenvalue weighted by Crippen LogP contribution is 2.41. The second-order valence-electron chi connectivity index (χ2n) is 7.11. The third kappa shape index (κ3) is 3.51. The Bertz CT molecular complexity index is 679. The van der Waals surface area contributed by atoms with Gasteiger partial charge < -0.3 is 4.90 Å². The van der Waals surface area contributed by atoms with E-state index >= 15 is 0 Å². The van der Waals surface area contributed by atoms with Gasteiger partial charge >= 0.3 is 0 Å². The van der Waals surface area contributed by atoms with Gasteiger partial charge in [-0.3, -0.25) is 9.69 Å². The summed E-state index contributed by atoms with van der Waals surface area (Å²) in [5.41, 5.74) is 1.14. The van der Waals surface area contributed by atoms with Crippen molar-refractivity contribution in [2.24, 2.45) is 0 Å². The van der Waals surface area contributed by atoms with Gasteiger partial charge in [0.05, 0.1) is 0 Å². The maximum atomic E-state index is 13.5. The Morgan fingerprint density at radius 3 is 2.48 bits per heavy atom. The molecule has 4 rings (SSSR count). The number of likely N-dealkylation sites (tertiary alicyclic amines) is 2. The van der Waals surface area contributed by atoms with E-state index in [9.17, 15) is 4.79 Å². The summed E-state index contributed by atoms with van der Waals surface area (Å²) in [5, 5.41) is 2.15. The van der Waals surface area contributed by atoms with Crippen LogP contribution in [0.2, 0.25) is 0 Å².